The lowest BCUT2D eigenvalue weighted by molar-refractivity contribution is 0.0116. The number of nitrogens with two attached hydrogens (primary N) is 1. The highest BCUT2D eigenvalue weighted by Gasteiger charge is 2.51. The molecule has 1 saturated heterocycles. The van der Waals surface area contributed by atoms with Crippen LogP contribution in [0.4, 0.5) is 0 Å². The van der Waals surface area contributed by atoms with Gasteiger partial charge in [0, 0.05) is 18.1 Å². The first-order valence-electron chi connectivity index (χ1n) is 5.40. The molecule has 0 aromatic rings. The summed E-state index contributed by atoms with van der Waals surface area (Å²) in [4.78, 5) is 1.23. The SMILES string of the molecule is CCCC1(N)CN(CS(=O)(=O)O)C1CS(=O)(=O)O. The van der Waals surface area contributed by atoms with E-state index in [0.717, 1.165) is 0 Å². The summed E-state index contributed by atoms with van der Waals surface area (Å²) >= 11 is 0. The van der Waals surface area contributed by atoms with Crippen molar-refractivity contribution in [3.05, 3.63) is 0 Å². The molecule has 0 saturated carbocycles. The molecule has 108 valence electrons. The Morgan fingerprint density at radius 2 is 1.83 bits per heavy atom. The van der Waals surface area contributed by atoms with E-state index in [-0.39, 0.29) is 6.54 Å². The van der Waals surface area contributed by atoms with Gasteiger partial charge in [0.25, 0.3) is 20.2 Å². The number of hydrogen-bond donors (Lipinski definition) is 3. The summed E-state index contributed by atoms with van der Waals surface area (Å²) in [6.45, 7) is 2.03. The molecular formula is C8H18N2O6S2. The molecule has 10 heteroatoms. The molecule has 0 aromatic carbocycles. The summed E-state index contributed by atoms with van der Waals surface area (Å²) in [6, 6.07) is -0.811. The van der Waals surface area contributed by atoms with E-state index in [4.69, 9.17) is 14.8 Å². The maximum atomic E-state index is 10.9. The van der Waals surface area contributed by atoms with Crippen molar-refractivity contribution in [3.8, 4) is 0 Å². The van der Waals surface area contributed by atoms with Gasteiger partial charge in [-0.2, -0.15) is 16.8 Å². The lowest BCUT2D eigenvalue weighted by Crippen LogP contribution is -2.76. The van der Waals surface area contributed by atoms with Crippen molar-refractivity contribution in [1.29, 1.82) is 0 Å². The third-order valence-corrected chi connectivity index (χ3v) is 4.41. The first-order chi connectivity index (χ1) is 7.97. The first kappa shape index (κ1) is 15.8. The van der Waals surface area contributed by atoms with Crippen LogP contribution >= 0.6 is 0 Å². The summed E-state index contributed by atoms with van der Waals surface area (Å²) in [5.74, 6) is -1.32. The van der Waals surface area contributed by atoms with Gasteiger partial charge in [-0.1, -0.05) is 13.3 Å². The Bertz CT molecular complexity index is 502. The van der Waals surface area contributed by atoms with Gasteiger partial charge in [0.1, 0.15) is 5.88 Å². The van der Waals surface area contributed by atoms with Gasteiger partial charge in [0.2, 0.25) is 0 Å². The molecule has 0 bridgehead atoms. The van der Waals surface area contributed by atoms with E-state index in [9.17, 15) is 16.8 Å². The van der Waals surface area contributed by atoms with Gasteiger partial charge in [-0.05, 0) is 6.42 Å². The molecule has 8 nitrogen and oxygen atoms in total. The van der Waals surface area contributed by atoms with E-state index in [1.807, 2.05) is 6.92 Å². The average molecular weight is 302 g/mol. The molecule has 2 unspecified atom stereocenters. The minimum Gasteiger partial charge on any atom is -0.323 e. The van der Waals surface area contributed by atoms with E-state index in [2.05, 4.69) is 0 Å². The zero-order valence-corrected chi connectivity index (χ0v) is 11.6. The van der Waals surface area contributed by atoms with Crippen LogP contribution in [0.25, 0.3) is 0 Å². The number of nitrogens with zero attached hydrogens (tertiary/aromatic N) is 1. The van der Waals surface area contributed by atoms with Crippen LogP contribution in [0, 0.1) is 0 Å². The van der Waals surface area contributed by atoms with Crippen molar-refractivity contribution in [2.75, 3.05) is 18.2 Å². The Kier molecular flexibility index (Phi) is 4.41. The molecule has 1 fully saturated rings. The van der Waals surface area contributed by atoms with E-state index in [0.29, 0.717) is 12.8 Å². The lowest BCUT2D eigenvalue weighted by atomic mass is 9.79. The molecule has 1 rings (SSSR count). The normalized spacial score (nSPS) is 30.1. The van der Waals surface area contributed by atoms with Gasteiger partial charge in [-0.3, -0.25) is 14.0 Å². The minimum atomic E-state index is -4.26. The number of hydrogen-bond acceptors (Lipinski definition) is 6. The van der Waals surface area contributed by atoms with Gasteiger partial charge in [0.15, 0.2) is 0 Å². The van der Waals surface area contributed by atoms with Crippen molar-refractivity contribution < 1.29 is 25.9 Å². The second-order valence-electron chi connectivity index (χ2n) is 4.71. The van der Waals surface area contributed by atoms with Crippen LogP contribution in [0.5, 0.6) is 0 Å². The second-order valence-corrected chi connectivity index (χ2v) is 7.62. The van der Waals surface area contributed by atoms with Crippen molar-refractivity contribution in [2.45, 2.75) is 31.3 Å². The van der Waals surface area contributed by atoms with Gasteiger partial charge in [-0.25, -0.2) is 0 Å². The third-order valence-electron chi connectivity index (χ3n) is 3.01. The molecule has 0 radical (unpaired) electrons. The molecule has 0 spiro atoms. The number of rotatable bonds is 6. The molecule has 4 N–H and O–H groups in total. The largest absolute Gasteiger partial charge is 0.323 e. The fourth-order valence-corrected chi connectivity index (χ4v) is 4.00. The minimum absolute atomic E-state index is 0.167. The van der Waals surface area contributed by atoms with Crippen LogP contribution < -0.4 is 5.73 Å². The van der Waals surface area contributed by atoms with E-state index >= 15 is 0 Å². The molecule has 18 heavy (non-hydrogen) atoms. The maximum absolute atomic E-state index is 10.9. The van der Waals surface area contributed by atoms with E-state index in [1.54, 1.807) is 0 Å². The van der Waals surface area contributed by atoms with Crippen molar-refractivity contribution in [3.63, 3.8) is 0 Å². The fraction of sp³-hybridized carbons (Fsp3) is 1.00. The predicted molar refractivity (Wildman–Crippen MR) is 65.2 cm³/mol. The average Bonchev–Trinajstić information content (AvgIpc) is 2.11. The van der Waals surface area contributed by atoms with Crippen LogP contribution in [-0.2, 0) is 20.2 Å². The molecule has 1 heterocycles. The molecule has 2 atom stereocenters. The zero-order valence-electron chi connectivity index (χ0n) is 9.98. The Balaban J connectivity index is 2.85. The smallest absolute Gasteiger partial charge is 0.278 e. The molecule has 0 aliphatic carbocycles. The Labute approximate surface area is 107 Å². The second kappa shape index (κ2) is 5.02. The maximum Gasteiger partial charge on any atom is 0.278 e. The fourth-order valence-electron chi connectivity index (χ4n) is 2.37. The quantitative estimate of drug-likeness (QED) is 0.526. The van der Waals surface area contributed by atoms with Crippen LogP contribution in [0.15, 0.2) is 0 Å². The van der Waals surface area contributed by atoms with Crippen molar-refractivity contribution in [1.82, 2.24) is 4.90 Å². The van der Waals surface area contributed by atoms with Crippen molar-refractivity contribution >= 4 is 20.2 Å². The summed E-state index contributed by atoms with van der Waals surface area (Å²) in [7, 11) is -8.50. The highest BCUT2D eigenvalue weighted by molar-refractivity contribution is 7.86. The Morgan fingerprint density at radius 1 is 1.28 bits per heavy atom. The van der Waals surface area contributed by atoms with Gasteiger partial charge >= 0.3 is 0 Å². The van der Waals surface area contributed by atoms with Crippen LogP contribution in [0.3, 0.4) is 0 Å². The summed E-state index contributed by atoms with van der Waals surface area (Å²) in [6.07, 6.45) is 1.22. The molecule has 0 aromatic heterocycles. The number of likely N-dealkylation sites (tertiary alicyclic amines) is 1. The van der Waals surface area contributed by atoms with E-state index in [1.165, 1.54) is 4.90 Å². The van der Waals surface area contributed by atoms with Gasteiger partial charge in [0.05, 0.1) is 5.75 Å². The Morgan fingerprint density at radius 3 is 2.22 bits per heavy atom. The molecular weight excluding hydrogens is 284 g/mol. The van der Waals surface area contributed by atoms with Gasteiger partial charge < -0.3 is 5.73 Å². The van der Waals surface area contributed by atoms with Crippen LogP contribution in [0.2, 0.25) is 0 Å². The topological polar surface area (TPSA) is 138 Å². The summed E-state index contributed by atoms with van der Waals surface area (Å²) < 4.78 is 60.9. The van der Waals surface area contributed by atoms with Gasteiger partial charge in [-0.15, -0.1) is 0 Å². The highest BCUT2D eigenvalue weighted by Crippen LogP contribution is 2.32. The Hall–Kier alpha value is -0.260. The third kappa shape index (κ3) is 4.14. The molecule has 0 amide bonds. The lowest BCUT2D eigenvalue weighted by Gasteiger charge is -2.54. The first-order valence-corrected chi connectivity index (χ1v) is 8.62. The zero-order chi connectivity index (χ0) is 14.2. The summed E-state index contributed by atoms with van der Waals surface area (Å²) in [5, 5.41) is 0. The summed E-state index contributed by atoms with van der Waals surface area (Å²) in [5.41, 5.74) is 5.13. The van der Waals surface area contributed by atoms with E-state index < -0.39 is 43.4 Å². The standard InChI is InChI=1S/C8H18N2O6S2/c1-2-3-8(9)5-10(6-18(14,15)16)7(8)4-17(11,12)13/h7H,2-6,9H2,1H3,(H,11,12,13)(H,14,15,16). The highest BCUT2D eigenvalue weighted by atomic mass is 32.2. The van der Waals surface area contributed by atoms with Crippen molar-refractivity contribution in [2.24, 2.45) is 5.73 Å². The molecule has 1 aliphatic heterocycles. The van der Waals surface area contributed by atoms with Crippen LogP contribution in [0.1, 0.15) is 19.8 Å². The van der Waals surface area contributed by atoms with Crippen LogP contribution in [-0.4, -0.2) is 60.6 Å². The molecule has 1 aliphatic rings. The predicted octanol–water partition coefficient (Wildman–Crippen LogP) is -1.10. The monoisotopic (exact) mass is 302 g/mol.